The van der Waals surface area contributed by atoms with Crippen molar-refractivity contribution in [1.82, 2.24) is 5.32 Å². The molecule has 1 aromatic rings. The van der Waals surface area contributed by atoms with E-state index in [0.717, 1.165) is 19.3 Å². The molecule has 4 aliphatic carbocycles. The van der Waals surface area contributed by atoms with E-state index in [1.54, 1.807) is 0 Å². The molecule has 1 aromatic carbocycles. The molecule has 0 unspecified atom stereocenters. The van der Waals surface area contributed by atoms with Crippen molar-refractivity contribution in [3.63, 3.8) is 0 Å². The van der Waals surface area contributed by atoms with Gasteiger partial charge in [0.1, 0.15) is 5.75 Å². The van der Waals surface area contributed by atoms with Crippen LogP contribution in [0.5, 0.6) is 5.75 Å². The summed E-state index contributed by atoms with van der Waals surface area (Å²) in [6.07, 6.45) is 5.90. The molecule has 0 aromatic heterocycles. The number of benzene rings is 1. The maximum absolute atomic E-state index is 12.7. The second kappa shape index (κ2) is 7.33. The first-order valence-electron chi connectivity index (χ1n) is 9.90. The van der Waals surface area contributed by atoms with Crippen LogP contribution in [-0.4, -0.2) is 30.1 Å². The highest BCUT2D eigenvalue weighted by atomic mass is 19.3. The summed E-state index contributed by atoms with van der Waals surface area (Å²) < 4.78 is 34.2. The number of alkyl halides is 2. The fourth-order valence-corrected chi connectivity index (χ4v) is 5.71. The predicted molar refractivity (Wildman–Crippen MR) is 97.0 cm³/mol. The number of ether oxygens (including phenoxy) is 2. The summed E-state index contributed by atoms with van der Waals surface area (Å²) in [7, 11) is 0. The molecule has 0 spiro atoms. The van der Waals surface area contributed by atoms with Gasteiger partial charge in [-0.15, -0.1) is 0 Å². The van der Waals surface area contributed by atoms with Crippen LogP contribution in [0.25, 0.3) is 0 Å². The molecule has 4 fully saturated rings. The van der Waals surface area contributed by atoms with E-state index in [2.05, 4.69) is 10.1 Å². The number of hydrogen-bond acceptors (Lipinski definition) is 4. The molecule has 5 rings (SSSR count). The molecule has 7 heteroatoms. The second-order valence-electron chi connectivity index (χ2n) is 8.64. The third-order valence-corrected chi connectivity index (χ3v) is 6.37. The van der Waals surface area contributed by atoms with E-state index in [0.29, 0.717) is 17.8 Å². The second-order valence-corrected chi connectivity index (χ2v) is 8.64. The average Bonchev–Trinajstić information content (AvgIpc) is 2.59. The zero-order valence-corrected chi connectivity index (χ0v) is 15.8. The van der Waals surface area contributed by atoms with E-state index in [9.17, 15) is 18.4 Å². The summed E-state index contributed by atoms with van der Waals surface area (Å²) in [5.41, 5.74) is -0.0926. The molecule has 152 valence electrons. The fourth-order valence-electron chi connectivity index (χ4n) is 5.71. The standard InChI is InChI=1S/C21H25F2NO4/c1-12(27-19(26)16-3-2-4-17(8-16)28-20(22)23)18(25)24-21-9-13-5-14(10-21)7-15(6-13)11-21/h2-4,8,12-15,20H,5-7,9-11H2,1H3,(H,24,25)/t12-,13?,14?,15?,21?/m1/s1. The first kappa shape index (κ1) is 19.2. The van der Waals surface area contributed by atoms with Crippen molar-refractivity contribution < 1.29 is 27.8 Å². The van der Waals surface area contributed by atoms with Crippen molar-refractivity contribution in [2.75, 3.05) is 0 Å². The highest BCUT2D eigenvalue weighted by molar-refractivity contribution is 5.92. The van der Waals surface area contributed by atoms with Crippen molar-refractivity contribution in [2.24, 2.45) is 17.8 Å². The lowest BCUT2D eigenvalue weighted by atomic mass is 9.53. The number of carbonyl (C=O) groups is 2. The number of rotatable bonds is 6. The molecule has 5 nitrogen and oxygen atoms in total. The van der Waals surface area contributed by atoms with Crippen LogP contribution in [0.4, 0.5) is 8.78 Å². The molecule has 4 saturated carbocycles. The van der Waals surface area contributed by atoms with Gasteiger partial charge in [-0.05, 0) is 81.4 Å². The molecule has 4 bridgehead atoms. The number of amides is 1. The molecular formula is C21H25F2NO4. The van der Waals surface area contributed by atoms with Crippen LogP contribution in [0.15, 0.2) is 24.3 Å². The van der Waals surface area contributed by atoms with Crippen molar-refractivity contribution in [3.8, 4) is 5.75 Å². The van der Waals surface area contributed by atoms with E-state index in [1.807, 2.05) is 0 Å². The minimum atomic E-state index is -2.98. The van der Waals surface area contributed by atoms with Crippen molar-refractivity contribution >= 4 is 11.9 Å². The van der Waals surface area contributed by atoms with Gasteiger partial charge in [-0.1, -0.05) is 6.07 Å². The van der Waals surface area contributed by atoms with Crippen LogP contribution in [0.1, 0.15) is 55.8 Å². The summed E-state index contributed by atoms with van der Waals surface area (Å²) in [4.78, 5) is 25.0. The van der Waals surface area contributed by atoms with Crippen LogP contribution < -0.4 is 10.1 Å². The minimum Gasteiger partial charge on any atom is -0.449 e. The number of halogens is 2. The van der Waals surface area contributed by atoms with Gasteiger partial charge in [0.05, 0.1) is 5.56 Å². The Hall–Kier alpha value is -2.18. The van der Waals surface area contributed by atoms with Gasteiger partial charge < -0.3 is 14.8 Å². The Morgan fingerprint density at radius 2 is 1.71 bits per heavy atom. The maximum atomic E-state index is 12.7. The zero-order chi connectivity index (χ0) is 19.9. The summed E-state index contributed by atoms with van der Waals surface area (Å²) in [5.74, 6) is 0.921. The van der Waals surface area contributed by atoms with Gasteiger partial charge in [0.25, 0.3) is 5.91 Å². The van der Waals surface area contributed by atoms with E-state index in [1.165, 1.54) is 50.5 Å². The quantitative estimate of drug-likeness (QED) is 0.744. The van der Waals surface area contributed by atoms with Gasteiger partial charge in [0.15, 0.2) is 6.10 Å². The third kappa shape index (κ3) is 3.98. The number of nitrogens with one attached hydrogen (secondary N) is 1. The van der Waals surface area contributed by atoms with Crippen molar-refractivity contribution in [3.05, 3.63) is 29.8 Å². The Kier molecular flexibility index (Phi) is 5.02. The van der Waals surface area contributed by atoms with Gasteiger partial charge in [-0.2, -0.15) is 8.78 Å². The normalized spacial score (nSPS) is 31.5. The Bertz CT molecular complexity index is 731. The molecular weight excluding hydrogens is 368 g/mol. The lowest BCUT2D eigenvalue weighted by molar-refractivity contribution is -0.134. The SMILES string of the molecule is C[C@@H](OC(=O)c1cccc(OC(F)F)c1)C(=O)NC12CC3CC(CC(C3)C1)C2. The Labute approximate surface area is 162 Å². The van der Waals surface area contributed by atoms with Gasteiger partial charge in [0, 0.05) is 5.54 Å². The molecule has 1 amide bonds. The zero-order valence-electron chi connectivity index (χ0n) is 15.8. The molecule has 1 N–H and O–H groups in total. The van der Waals surface area contributed by atoms with Gasteiger partial charge in [0.2, 0.25) is 0 Å². The van der Waals surface area contributed by atoms with Crippen LogP contribution >= 0.6 is 0 Å². The molecule has 0 heterocycles. The van der Waals surface area contributed by atoms with Crippen LogP contribution in [0.3, 0.4) is 0 Å². The van der Waals surface area contributed by atoms with E-state index in [-0.39, 0.29) is 22.8 Å². The van der Waals surface area contributed by atoms with Crippen LogP contribution in [0.2, 0.25) is 0 Å². The number of esters is 1. The molecule has 1 atom stereocenters. The van der Waals surface area contributed by atoms with Gasteiger partial charge in [-0.25, -0.2) is 4.79 Å². The van der Waals surface area contributed by atoms with Crippen LogP contribution in [0, 0.1) is 17.8 Å². The third-order valence-electron chi connectivity index (χ3n) is 6.37. The van der Waals surface area contributed by atoms with Crippen molar-refractivity contribution in [2.45, 2.75) is 63.7 Å². The number of hydrogen-bond donors (Lipinski definition) is 1. The first-order valence-corrected chi connectivity index (χ1v) is 9.90. The molecule has 4 aliphatic rings. The minimum absolute atomic E-state index is 0.0626. The highest BCUT2D eigenvalue weighted by Gasteiger charge is 2.51. The Morgan fingerprint density at radius 1 is 1.11 bits per heavy atom. The van der Waals surface area contributed by atoms with E-state index >= 15 is 0 Å². The van der Waals surface area contributed by atoms with Crippen molar-refractivity contribution in [1.29, 1.82) is 0 Å². The Balaban J connectivity index is 1.36. The average molecular weight is 393 g/mol. The van der Waals surface area contributed by atoms with E-state index in [4.69, 9.17) is 4.74 Å². The van der Waals surface area contributed by atoms with Gasteiger partial charge >= 0.3 is 12.6 Å². The number of carbonyl (C=O) groups excluding carboxylic acids is 2. The summed E-state index contributed by atoms with van der Waals surface area (Å²) in [6.45, 7) is -1.44. The van der Waals surface area contributed by atoms with Crippen LogP contribution in [-0.2, 0) is 9.53 Å². The summed E-state index contributed by atoms with van der Waals surface area (Å²) in [6, 6.07) is 5.36. The smallest absolute Gasteiger partial charge is 0.387 e. The monoisotopic (exact) mass is 393 g/mol. The first-order chi connectivity index (χ1) is 13.3. The summed E-state index contributed by atoms with van der Waals surface area (Å²) >= 11 is 0. The predicted octanol–water partition coefficient (Wildman–Crippen LogP) is 3.92. The maximum Gasteiger partial charge on any atom is 0.387 e. The highest BCUT2D eigenvalue weighted by Crippen LogP contribution is 2.55. The molecule has 28 heavy (non-hydrogen) atoms. The lowest BCUT2D eigenvalue weighted by Gasteiger charge is -2.57. The molecule has 0 saturated heterocycles. The Morgan fingerprint density at radius 3 is 2.29 bits per heavy atom. The largest absolute Gasteiger partial charge is 0.449 e. The van der Waals surface area contributed by atoms with Gasteiger partial charge in [-0.3, -0.25) is 4.79 Å². The molecule has 0 aliphatic heterocycles. The topological polar surface area (TPSA) is 64.6 Å². The lowest BCUT2D eigenvalue weighted by Crippen LogP contribution is -2.61. The fraction of sp³-hybridized carbons (Fsp3) is 0.619. The van der Waals surface area contributed by atoms with E-state index < -0.39 is 18.7 Å². The molecule has 0 radical (unpaired) electrons. The summed E-state index contributed by atoms with van der Waals surface area (Å²) in [5, 5.41) is 3.18.